The lowest BCUT2D eigenvalue weighted by Crippen LogP contribution is -2.05. The molecule has 0 atom stereocenters. The van der Waals surface area contributed by atoms with Crippen LogP contribution in [0.4, 0.5) is 0 Å². The molecule has 5 heteroatoms. The van der Waals surface area contributed by atoms with Crippen LogP contribution in [0.15, 0.2) is 107 Å². The smallest absolute Gasteiger partial charge is 0.197 e. The van der Waals surface area contributed by atoms with Gasteiger partial charge < -0.3 is 13.9 Å². The fourth-order valence-electron chi connectivity index (χ4n) is 3.58. The van der Waals surface area contributed by atoms with Gasteiger partial charge in [0.05, 0.1) is 5.52 Å². The first-order valence-corrected chi connectivity index (χ1v) is 10.2. The third kappa shape index (κ3) is 3.72. The summed E-state index contributed by atoms with van der Waals surface area (Å²) in [7, 11) is 0. The number of benzene rings is 3. The summed E-state index contributed by atoms with van der Waals surface area (Å²) in [6, 6.07) is 23.9. The van der Waals surface area contributed by atoms with Gasteiger partial charge in [-0.3, -0.25) is 9.78 Å². The molecule has 2 heterocycles. The van der Waals surface area contributed by atoms with E-state index in [1.54, 1.807) is 30.5 Å². The van der Waals surface area contributed by atoms with Gasteiger partial charge in [0.15, 0.2) is 5.43 Å². The summed E-state index contributed by atoms with van der Waals surface area (Å²) in [6.45, 7) is 3.94. The number of nitrogens with zero attached hydrogens (tertiary/aromatic N) is 1. The van der Waals surface area contributed by atoms with Crippen LogP contribution < -0.4 is 14.9 Å². The average Bonchev–Trinajstić information content (AvgIpc) is 2.83. The van der Waals surface area contributed by atoms with Crippen molar-refractivity contribution in [3.05, 3.63) is 108 Å². The Hall–Kier alpha value is -4.38. The summed E-state index contributed by atoms with van der Waals surface area (Å²) in [5.41, 5.74) is 1.83. The van der Waals surface area contributed by atoms with Crippen LogP contribution in [0, 0.1) is 0 Å². The van der Waals surface area contributed by atoms with Crippen molar-refractivity contribution in [2.24, 2.45) is 0 Å². The molecule has 3 aromatic carbocycles. The Kier molecular flexibility index (Phi) is 5.14. The van der Waals surface area contributed by atoms with Gasteiger partial charge in [0, 0.05) is 35.3 Å². The van der Waals surface area contributed by atoms with Crippen molar-refractivity contribution in [1.29, 1.82) is 0 Å². The van der Waals surface area contributed by atoms with Crippen LogP contribution in [0.25, 0.3) is 33.2 Å². The fourth-order valence-corrected chi connectivity index (χ4v) is 3.58. The van der Waals surface area contributed by atoms with Crippen LogP contribution in [0.5, 0.6) is 17.2 Å². The van der Waals surface area contributed by atoms with E-state index in [0.717, 1.165) is 16.5 Å². The predicted octanol–water partition coefficient (Wildman–Crippen LogP) is 6.37. The minimum atomic E-state index is -0.190. The second-order valence-electron chi connectivity index (χ2n) is 7.16. The molecule has 0 aliphatic heterocycles. The van der Waals surface area contributed by atoms with Crippen molar-refractivity contribution >= 4 is 21.9 Å². The molecule has 5 rings (SSSR count). The van der Waals surface area contributed by atoms with Crippen LogP contribution >= 0.6 is 0 Å². The van der Waals surface area contributed by atoms with Crippen molar-refractivity contribution in [1.82, 2.24) is 4.98 Å². The molecule has 0 bridgehead atoms. The Bertz CT molecular complexity index is 1480. The largest absolute Gasteiger partial charge is 0.488 e. The Morgan fingerprint density at radius 1 is 0.938 bits per heavy atom. The van der Waals surface area contributed by atoms with Crippen LogP contribution in [-0.4, -0.2) is 11.6 Å². The molecule has 2 aromatic heterocycles. The Labute approximate surface area is 184 Å². The van der Waals surface area contributed by atoms with Crippen LogP contribution in [0.2, 0.25) is 0 Å². The zero-order valence-electron chi connectivity index (χ0n) is 17.2. The molecular formula is C27H19NO4. The Morgan fingerprint density at radius 2 is 1.75 bits per heavy atom. The molecule has 0 saturated carbocycles. The summed E-state index contributed by atoms with van der Waals surface area (Å²) < 4.78 is 18.1. The van der Waals surface area contributed by atoms with E-state index in [1.807, 2.05) is 54.6 Å². The molecule has 5 aromatic rings. The minimum Gasteiger partial charge on any atom is -0.488 e. The number of rotatable bonds is 6. The lowest BCUT2D eigenvalue weighted by Gasteiger charge is -2.13. The number of aromatic nitrogens is 1. The third-order valence-corrected chi connectivity index (χ3v) is 5.02. The van der Waals surface area contributed by atoms with E-state index in [2.05, 4.69) is 11.6 Å². The summed E-state index contributed by atoms with van der Waals surface area (Å²) in [5.74, 6) is 1.99. The highest BCUT2D eigenvalue weighted by Gasteiger charge is 2.15. The molecule has 0 spiro atoms. The van der Waals surface area contributed by atoms with E-state index < -0.39 is 0 Å². The highest BCUT2D eigenvalue weighted by molar-refractivity contribution is 5.88. The van der Waals surface area contributed by atoms with Gasteiger partial charge in [-0.15, -0.1) is 0 Å². The number of hydrogen-bond donors (Lipinski definition) is 0. The van der Waals surface area contributed by atoms with Crippen molar-refractivity contribution < 1.29 is 13.9 Å². The molecule has 0 fully saturated rings. The van der Waals surface area contributed by atoms with E-state index in [1.165, 1.54) is 6.07 Å². The van der Waals surface area contributed by atoms with Gasteiger partial charge in [-0.1, -0.05) is 55.1 Å². The van der Waals surface area contributed by atoms with E-state index in [4.69, 9.17) is 13.9 Å². The fraction of sp³-hybridized carbons (Fsp3) is 0.0370. The first-order valence-electron chi connectivity index (χ1n) is 10.2. The molecule has 0 N–H and O–H groups in total. The van der Waals surface area contributed by atoms with Gasteiger partial charge in [-0.2, -0.15) is 0 Å². The van der Waals surface area contributed by atoms with E-state index >= 15 is 0 Å². The highest BCUT2D eigenvalue weighted by atomic mass is 16.5. The molecule has 0 unspecified atom stereocenters. The van der Waals surface area contributed by atoms with Crippen molar-refractivity contribution in [2.75, 3.05) is 6.61 Å². The SMILES string of the molecule is C=CCOc1cc(Oc2ccnc3ccccc23)cc2oc(-c3ccccc3)cc(=O)c12. The number of hydrogen-bond acceptors (Lipinski definition) is 5. The molecule has 0 saturated heterocycles. The lowest BCUT2D eigenvalue weighted by molar-refractivity contribution is 0.364. The monoisotopic (exact) mass is 421 g/mol. The molecular weight excluding hydrogens is 402 g/mol. The predicted molar refractivity (Wildman–Crippen MR) is 125 cm³/mol. The van der Waals surface area contributed by atoms with E-state index in [0.29, 0.717) is 34.0 Å². The van der Waals surface area contributed by atoms with Crippen molar-refractivity contribution in [2.45, 2.75) is 0 Å². The zero-order chi connectivity index (χ0) is 21.9. The molecule has 0 aliphatic carbocycles. The quantitative estimate of drug-likeness (QED) is 0.298. The van der Waals surface area contributed by atoms with Gasteiger partial charge in [-0.05, 0) is 18.2 Å². The van der Waals surface area contributed by atoms with Crippen molar-refractivity contribution in [3.8, 4) is 28.6 Å². The zero-order valence-corrected chi connectivity index (χ0v) is 17.2. The Balaban J connectivity index is 1.67. The molecule has 0 radical (unpaired) electrons. The first kappa shape index (κ1) is 19.6. The second kappa shape index (κ2) is 8.40. The number of pyridine rings is 1. The summed E-state index contributed by atoms with van der Waals surface area (Å²) in [5, 5.41) is 1.24. The van der Waals surface area contributed by atoms with Gasteiger partial charge in [-0.25, -0.2) is 0 Å². The summed E-state index contributed by atoms with van der Waals surface area (Å²) in [6.07, 6.45) is 3.32. The number of fused-ring (bicyclic) bond motifs is 2. The van der Waals surface area contributed by atoms with Gasteiger partial charge in [0.25, 0.3) is 0 Å². The second-order valence-corrected chi connectivity index (χ2v) is 7.16. The molecule has 156 valence electrons. The third-order valence-electron chi connectivity index (χ3n) is 5.02. The minimum absolute atomic E-state index is 0.190. The van der Waals surface area contributed by atoms with Crippen molar-refractivity contribution in [3.63, 3.8) is 0 Å². The number of ether oxygens (including phenoxy) is 2. The molecule has 5 nitrogen and oxygen atoms in total. The van der Waals surface area contributed by atoms with Gasteiger partial charge in [0.2, 0.25) is 0 Å². The number of para-hydroxylation sites is 1. The van der Waals surface area contributed by atoms with Crippen LogP contribution in [-0.2, 0) is 0 Å². The van der Waals surface area contributed by atoms with Crippen LogP contribution in [0.1, 0.15) is 0 Å². The normalized spacial score (nSPS) is 10.9. The summed E-state index contributed by atoms with van der Waals surface area (Å²) >= 11 is 0. The molecule has 0 aliphatic rings. The first-order chi connectivity index (χ1) is 15.7. The standard InChI is InChI=1S/C27H19NO4/c1-2-14-30-25-15-19(31-23-12-13-28-21-11-7-6-10-20(21)23)16-26-27(25)22(29)17-24(32-26)18-8-4-3-5-9-18/h2-13,15-17H,1,14H2. The van der Waals surface area contributed by atoms with Gasteiger partial charge >= 0.3 is 0 Å². The average molecular weight is 421 g/mol. The van der Waals surface area contributed by atoms with Crippen LogP contribution in [0.3, 0.4) is 0 Å². The maximum Gasteiger partial charge on any atom is 0.197 e. The lowest BCUT2D eigenvalue weighted by atomic mass is 10.1. The van der Waals surface area contributed by atoms with Gasteiger partial charge in [0.1, 0.15) is 40.6 Å². The molecule has 0 amide bonds. The maximum atomic E-state index is 13.0. The highest BCUT2D eigenvalue weighted by Crippen LogP contribution is 2.35. The molecule has 32 heavy (non-hydrogen) atoms. The van der Waals surface area contributed by atoms with E-state index in [9.17, 15) is 4.79 Å². The Morgan fingerprint density at radius 3 is 2.59 bits per heavy atom. The van der Waals surface area contributed by atoms with E-state index in [-0.39, 0.29) is 12.0 Å². The maximum absolute atomic E-state index is 13.0. The summed E-state index contributed by atoms with van der Waals surface area (Å²) in [4.78, 5) is 17.4. The topological polar surface area (TPSA) is 61.6 Å².